The highest BCUT2D eigenvalue weighted by atomic mass is 35.5. The van der Waals surface area contributed by atoms with E-state index in [1.807, 2.05) is 11.1 Å². The molecule has 0 bridgehead atoms. The number of hydrogen-bond acceptors (Lipinski definition) is 4. The predicted molar refractivity (Wildman–Crippen MR) is 167 cm³/mol. The number of carbonyl (C=O) groups excluding carboxylic acids is 1. The van der Waals surface area contributed by atoms with Gasteiger partial charge in [0, 0.05) is 41.7 Å². The lowest BCUT2D eigenvalue weighted by Gasteiger charge is -2.47. The fourth-order valence-corrected chi connectivity index (χ4v) is 13.4. The fraction of sp³-hybridized carbons (Fsp3) is 0.562. The Bertz CT molecular complexity index is 1260. The van der Waals surface area contributed by atoms with Gasteiger partial charge in [0.05, 0.1) is 5.56 Å². The summed E-state index contributed by atoms with van der Waals surface area (Å²) in [6.45, 7) is 16.3. The van der Waals surface area contributed by atoms with E-state index in [2.05, 4.69) is 46.6 Å². The monoisotopic (exact) mass is 617 g/mol. The third-order valence-corrected chi connectivity index (χ3v) is 16.0. The van der Waals surface area contributed by atoms with Gasteiger partial charge in [0.2, 0.25) is 14.2 Å². The number of nitriles is 1. The number of amides is 1. The Labute approximate surface area is 255 Å². The second-order valence-corrected chi connectivity index (χ2v) is 18.7. The van der Waals surface area contributed by atoms with E-state index in [4.69, 9.17) is 32.9 Å². The SMILES string of the molecule is CC(C)[Si](OC1CCN(N2CCC(Cc3c(Cl)cc(-c4ccc(C#N)c(F)c4)cc3Cl)C2=O)CC1)(C(C)C)C(C)C. The van der Waals surface area contributed by atoms with Crippen molar-refractivity contribution in [3.63, 3.8) is 0 Å². The lowest BCUT2D eigenvalue weighted by Crippen LogP contribution is -2.54. The second-order valence-electron chi connectivity index (χ2n) is 12.5. The van der Waals surface area contributed by atoms with Crippen molar-refractivity contribution in [3.8, 4) is 17.2 Å². The number of hydrazine groups is 1. The number of rotatable bonds is 9. The molecule has 2 aliphatic rings. The Hall–Kier alpha value is -1.95. The van der Waals surface area contributed by atoms with Gasteiger partial charge in [-0.25, -0.2) is 9.40 Å². The van der Waals surface area contributed by atoms with Crippen LogP contribution in [-0.2, 0) is 15.6 Å². The molecule has 0 N–H and O–H groups in total. The summed E-state index contributed by atoms with van der Waals surface area (Å²) in [6.07, 6.45) is 3.32. The van der Waals surface area contributed by atoms with Crippen LogP contribution in [0.5, 0.6) is 0 Å². The lowest BCUT2D eigenvalue weighted by atomic mass is 9.95. The number of carbonyl (C=O) groups is 1. The number of piperidine rings is 1. The molecule has 9 heteroatoms. The summed E-state index contributed by atoms with van der Waals surface area (Å²) in [5.41, 5.74) is 3.63. The lowest BCUT2D eigenvalue weighted by molar-refractivity contribution is -0.149. The van der Waals surface area contributed by atoms with Crippen LogP contribution in [0.1, 0.15) is 71.9 Å². The highest BCUT2D eigenvalue weighted by Crippen LogP contribution is 2.44. The van der Waals surface area contributed by atoms with Gasteiger partial charge in [0.1, 0.15) is 11.9 Å². The molecule has 0 saturated carbocycles. The summed E-state index contributed by atoms with van der Waals surface area (Å²) in [4.78, 5) is 13.5. The molecule has 2 aromatic rings. The van der Waals surface area contributed by atoms with E-state index < -0.39 is 14.1 Å². The van der Waals surface area contributed by atoms with Crippen molar-refractivity contribution >= 4 is 37.4 Å². The van der Waals surface area contributed by atoms with Crippen LogP contribution in [0.25, 0.3) is 11.1 Å². The Kier molecular flexibility index (Phi) is 10.2. The van der Waals surface area contributed by atoms with E-state index in [-0.39, 0.29) is 23.5 Å². The quantitative estimate of drug-likeness (QED) is 0.264. The van der Waals surface area contributed by atoms with Crippen LogP contribution in [0.3, 0.4) is 0 Å². The van der Waals surface area contributed by atoms with Crippen molar-refractivity contribution in [1.82, 2.24) is 10.0 Å². The smallest absolute Gasteiger partial charge is 0.240 e. The maximum Gasteiger partial charge on any atom is 0.240 e. The summed E-state index contributed by atoms with van der Waals surface area (Å²) in [5, 5.41) is 14.0. The minimum Gasteiger partial charge on any atom is -0.413 e. The van der Waals surface area contributed by atoms with Gasteiger partial charge in [-0.3, -0.25) is 9.80 Å². The molecule has 4 rings (SSSR count). The van der Waals surface area contributed by atoms with Gasteiger partial charge >= 0.3 is 0 Å². The van der Waals surface area contributed by atoms with Crippen LogP contribution < -0.4 is 0 Å². The average molecular weight is 619 g/mol. The molecule has 1 amide bonds. The third kappa shape index (κ3) is 6.52. The second kappa shape index (κ2) is 13.1. The molecule has 0 aromatic heterocycles. The van der Waals surface area contributed by atoms with Crippen LogP contribution in [0.4, 0.5) is 4.39 Å². The molecule has 2 aliphatic heterocycles. The van der Waals surface area contributed by atoms with Crippen molar-refractivity contribution in [2.75, 3.05) is 19.6 Å². The largest absolute Gasteiger partial charge is 0.413 e. The molecular weight excluding hydrogens is 576 g/mol. The van der Waals surface area contributed by atoms with E-state index in [1.165, 1.54) is 12.1 Å². The molecule has 1 atom stereocenters. The zero-order valence-electron chi connectivity index (χ0n) is 25.0. The normalized spacial score (nSPS) is 19.1. The molecular formula is C32H42Cl2FN3O2Si. The van der Waals surface area contributed by atoms with Crippen LogP contribution in [0.15, 0.2) is 30.3 Å². The van der Waals surface area contributed by atoms with Gasteiger partial charge in [0.15, 0.2) is 0 Å². The Morgan fingerprint density at radius 1 is 0.951 bits per heavy atom. The van der Waals surface area contributed by atoms with E-state index in [9.17, 15) is 9.18 Å². The zero-order valence-corrected chi connectivity index (χ0v) is 27.5. The number of benzene rings is 2. The van der Waals surface area contributed by atoms with Crippen molar-refractivity contribution in [2.45, 2.75) is 90.0 Å². The van der Waals surface area contributed by atoms with Crippen LogP contribution in [0, 0.1) is 23.1 Å². The highest BCUT2D eigenvalue weighted by Gasteiger charge is 2.47. The minimum atomic E-state index is -1.94. The first-order valence-electron chi connectivity index (χ1n) is 14.8. The van der Waals surface area contributed by atoms with Crippen molar-refractivity contribution in [2.24, 2.45) is 5.92 Å². The van der Waals surface area contributed by atoms with Crippen molar-refractivity contribution in [1.29, 1.82) is 5.26 Å². The number of halogens is 3. The van der Waals surface area contributed by atoms with Gasteiger partial charge in [0.25, 0.3) is 0 Å². The first kappa shape index (κ1) is 32.0. The topological polar surface area (TPSA) is 56.6 Å². The highest BCUT2D eigenvalue weighted by molar-refractivity contribution is 6.77. The third-order valence-electron chi connectivity index (χ3n) is 9.15. The molecule has 2 heterocycles. The summed E-state index contributed by atoms with van der Waals surface area (Å²) < 4.78 is 21.2. The summed E-state index contributed by atoms with van der Waals surface area (Å²) in [7, 11) is -1.94. The Balaban J connectivity index is 1.39. The number of nitrogens with zero attached hydrogens (tertiary/aromatic N) is 3. The van der Waals surface area contributed by atoms with Crippen LogP contribution >= 0.6 is 23.2 Å². The first-order chi connectivity index (χ1) is 19.4. The van der Waals surface area contributed by atoms with Gasteiger partial charge in [-0.2, -0.15) is 5.26 Å². The predicted octanol–water partition coefficient (Wildman–Crippen LogP) is 8.63. The number of hydrogen-bond donors (Lipinski definition) is 0. The van der Waals surface area contributed by atoms with Crippen LogP contribution in [-0.4, -0.2) is 50.0 Å². The fourth-order valence-electron chi connectivity index (χ4n) is 7.09. The van der Waals surface area contributed by atoms with E-state index in [0.717, 1.165) is 37.9 Å². The Morgan fingerprint density at radius 2 is 1.54 bits per heavy atom. The summed E-state index contributed by atoms with van der Waals surface area (Å²) >= 11 is 13.3. The standard InChI is InChI=1S/C32H42Cl2FN3O2Si/c1-20(2)41(21(3)4,22(5)6)40-27-10-12-37(13-11-27)38-14-9-24(32(38)39)15-28-29(33)16-26(17-30(28)34)23-7-8-25(19-36)31(35)18-23/h7-8,16-18,20-22,24,27H,9-15H2,1-6H3. The first-order valence-corrected chi connectivity index (χ1v) is 17.7. The summed E-state index contributed by atoms with van der Waals surface area (Å²) in [6, 6.07) is 9.75. The molecule has 5 nitrogen and oxygen atoms in total. The molecule has 1 unspecified atom stereocenters. The molecule has 2 fully saturated rings. The van der Waals surface area contributed by atoms with E-state index in [1.54, 1.807) is 18.2 Å². The van der Waals surface area contributed by atoms with Crippen LogP contribution in [0.2, 0.25) is 26.7 Å². The average Bonchev–Trinajstić information content (AvgIpc) is 3.28. The molecule has 222 valence electrons. The van der Waals surface area contributed by atoms with Crippen molar-refractivity contribution < 1.29 is 13.6 Å². The molecule has 0 radical (unpaired) electrons. The zero-order chi connectivity index (χ0) is 30.1. The summed E-state index contributed by atoms with van der Waals surface area (Å²) in [5.74, 6) is -0.667. The maximum absolute atomic E-state index is 14.2. The molecule has 41 heavy (non-hydrogen) atoms. The van der Waals surface area contributed by atoms with Gasteiger partial charge in [-0.05, 0) is 83.3 Å². The van der Waals surface area contributed by atoms with Crippen molar-refractivity contribution in [3.05, 3.63) is 57.3 Å². The molecule has 0 spiro atoms. The van der Waals surface area contributed by atoms with Gasteiger partial charge in [-0.15, -0.1) is 0 Å². The maximum atomic E-state index is 14.2. The van der Waals surface area contributed by atoms with Gasteiger partial charge < -0.3 is 4.43 Å². The van der Waals surface area contributed by atoms with E-state index >= 15 is 0 Å². The molecule has 2 aromatic carbocycles. The van der Waals surface area contributed by atoms with E-state index in [0.29, 0.717) is 50.8 Å². The minimum absolute atomic E-state index is 0.0137. The Morgan fingerprint density at radius 3 is 2.05 bits per heavy atom. The molecule has 2 saturated heterocycles. The molecule has 0 aliphatic carbocycles. The van der Waals surface area contributed by atoms with Gasteiger partial charge in [-0.1, -0.05) is 70.8 Å².